The van der Waals surface area contributed by atoms with Crippen molar-refractivity contribution >= 4 is 23.2 Å². The largest absolute Gasteiger partial charge is 0.416 e. The topological polar surface area (TPSA) is 46.3 Å². The molecule has 0 aliphatic heterocycles. The van der Waals surface area contributed by atoms with Gasteiger partial charge in [0.05, 0.1) is 5.56 Å². The Morgan fingerprint density at radius 2 is 1.63 bits per heavy atom. The van der Waals surface area contributed by atoms with E-state index < -0.39 is 17.8 Å². The molecule has 156 valence electrons. The van der Waals surface area contributed by atoms with E-state index in [4.69, 9.17) is 17.3 Å². The molecule has 1 amide bonds. The SMILES string of the molecule is NC(C(=O)N(CCc1ccc(C(F)(F)F)cc1)c1cccc(Cl)c1)c1ccccc1. The number of carbonyl (C=O) groups is 1. The third-order valence-corrected chi connectivity index (χ3v) is 4.95. The van der Waals surface area contributed by atoms with Gasteiger partial charge in [-0.05, 0) is 47.9 Å². The molecule has 0 fully saturated rings. The van der Waals surface area contributed by atoms with Crippen LogP contribution in [0.25, 0.3) is 0 Å². The summed E-state index contributed by atoms with van der Waals surface area (Å²) >= 11 is 6.09. The normalized spacial score (nSPS) is 12.4. The number of rotatable bonds is 6. The minimum Gasteiger partial charge on any atom is -0.316 e. The molecule has 0 heterocycles. The van der Waals surface area contributed by atoms with Gasteiger partial charge in [0.25, 0.3) is 0 Å². The Morgan fingerprint density at radius 1 is 0.967 bits per heavy atom. The molecule has 1 atom stereocenters. The van der Waals surface area contributed by atoms with Crippen LogP contribution in [-0.2, 0) is 17.4 Å². The lowest BCUT2D eigenvalue weighted by atomic mass is 10.0. The number of hydrogen-bond acceptors (Lipinski definition) is 2. The van der Waals surface area contributed by atoms with Crippen LogP contribution in [0.1, 0.15) is 22.7 Å². The van der Waals surface area contributed by atoms with Crippen LogP contribution in [-0.4, -0.2) is 12.5 Å². The van der Waals surface area contributed by atoms with Gasteiger partial charge >= 0.3 is 6.18 Å². The molecular weight excluding hydrogens is 413 g/mol. The number of nitrogens with zero attached hydrogens (tertiary/aromatic N) is 1. The van der Waals surface area contributed by atoms with Gasteiger partial charge in [0, 0.05) is 17.3 Å². The molecule has 0 aliphatic carbocycles. The van der Waals surface area contributed by atoms with E-state index in [2.05, 4.69) is 0 Å². The predicted octanol–water partition coefficient (Wildman–Crippen LogP) is 5.63. The first-order valence-corrected chi connectivity index (χ1v) is 9.67. The van der Waals surface area contributed by atoms with Crippen molar-refractivity contribution in [2.45, 2.75) is 18.6 Å². The van der Waals surface area contributed by atoms with Gasteiger partial charge < -0.3 is 10.6 Å². The highest BCUT2D eigenvalue weighted by atomic mass is 35.5. The highest BCUT2D eigenvalue weighted by Gasteiger charge is 2.30. The van der Waals surface area contributed by atoms with Gasteiger partial charge in [-0.15, -0.1) is 0 Å². The molecular formula is C23H20ClF3N2O. The number of anilines is 1. The van der Waals surface area contributed by atoms with Crippen LogP contribution in [0.15, 0.2) is 78.9 Å². The molecule has 0 radical (unpaired) electrons. The van der Waals surface area contributed by atoms with Crippen molar-refractivity contribution in [3.63, 3.8) is 0 Å². The summed E-state index contributed by atoms with van der Waals surface area (Å²) in [6, 6.07) is 19.8. The lowest BCUT2D eigenvalue weighted by molar-refractivity contribution is -0.137. The summed E-state index contributed by atoms with van der Waals surface area (Å²) in [4.78, 5) is 14.7. The van der Waals surface area contributed by atoms with Crippen molar-refractivity contribution in [3.05, 3.63) is 101 Å². The Hall–Kier alpha value is -2.83. The third kappa shape index (κ3) is 5.40. The maximum absolute atomic E-state index is 13.2. The van der Waals surface area contributed by atoms with E-state index in [-0.39, 0.29) is 12.5 Å². The Kier molecular flexibility index (Phi) is 6.80. The van der Waals surface area contributed by atoms with Gasteiger partial charge in [-0.3, -0.25) is 4.79 Å². The fraction of sp³-hybridized carbons (Fsp3) is 0.174. The molecule has 30 heavy (non-hydrogen) atoms. The van der Waals surface area contributed by atoms with Gasteiger partial charge in [-0.2, -0.15) is 13.2 Å². The second kappa shape index (κ2) is 9.32. The number of amides is 1. The second-order valence-corrected chi connectivity index (χ2v) is 7.24. The van der Waals surface area contributed by atoms with Crippen molar-refractivity contribution in [3.8, 4) is 0 Å². The standard InChI is InChI=1S/C23H20ClF3N2O/c24-19-7-4-8-20(15-19)29(22(30)21(28)17-5-2-1-3-6-17)14-13-16-9-11-18(12-10-16)23(25,26)27/h1-12,15,21H,13-14,28H2. The fourth-order valence-corrected chi connectivity index (χ4v) is 3.27. The van der Waals surface area contributed by atoms with E-state index in [1.165, 1.54) is 17.0 Å². The Bertz CT molecular complexity index is 991. The van der Waals surface area contributed by atoms with Crippen LogP contribution in [0.2, 0.25) is 5.02 Å². The molecule has 0 aromatic heterocycles. The zero-order valence-corrected chi connectivity index (χ0v) is 16.7. The second-order valence-electron chi connectivity index (χ2n) is 6.80. The molecule has 0 saturated heterocycles. The summed E-state index contributed by atoms with van der Waals surface area (Å²) in [5.41, 5.74) is 7.42. The molecule has 2 N–H and O–H groups in total. The summed E-state index contributed by atoms with van der Waals surface area (Å²) in [6.45, 7) is 0.241. The lowest BCUT2D eigenvalue weighted by Crippen LogP contribution is -2.40. The van der Waals surface area contributed by atoms with Gasteiger partial charge in [-0.1, -0.05) is 60.1 Å². The van der Waals surface area contributed by atoms with E-state index in [9.17, 15) is 18.0 Å². The number of benzene rings is 3. The van der Waals surface area contributed by atoms with Crippen LogP contribution in [0.5, 0.6) is 0 Å². The van der Waals surface area contributed by atoms with E-state index in [1.807, 2.05) is 6.07 Å². The molecule has 0 saturated carbocycles. The van der Waals surface area contributed by atoms with E-state index >= 15 is 0 Å². The average molecular weight is 433 g/mol. The highest BCUT2D eigenvalue weighted by Crippen LogP contribution is 2.29. The monoisotopic (exact) mass is 432 g/mol. The minimum absolute atomic E-state index is 0.241. The van der Waals surface area contributed by atoms with Gasteiger partial charge in [0.1, 0.15) is 6.04 Å². The highest BCUT2D eigenvalue weighted by molar-refractivity contribution is 6.30. The zero-order chi connectivity index (χ0) is 21.7. The first-order valence-electron chi connectivity index (χ1n) is 9.29. The van der Waals surface area contributed by atoms with Crippen LogP contribution in [0.3, 0.4) is 0 Å². The fourth-order valence-electron chi connectivity index (χ4n) is 3.08. The number of nitrogens with two attached hydrogens (primary N) is 1. The van der Waals surface area contributed by atoms with Crippen molar-refractivity contribution in [2.75, 3.05) is 11.4 Å². The van der Waals surface area contributed by atoms with Gasteiger partial charge in [0.2, 0.25) is 5.91 Å². The lowest BCUT2D eigenvalue weighted by Gasteiger charge is -2.26. The van der Waals surface area contributed by atoms with Crippen molar-refractivity contribution in [1.82, 2.24) is 0 Å². The molecule has 0 spiro atoms. The summed E-state index contributed by atoms with van der Waals surface area (Å²) in [5.74, 6) is -0.324. The minimum atomic E-state index is -4.39. The van der Waals surface area contributed by atoms with Gasteiger partial charge in [0.15, 0.2) is 0 Å². The van der Waals surface area contributed by atoms with Gasteiger partial charge in [-0.25, -0.2) is 0 Å². The number of halogens is 4. The Balaban J connectivity index is 1.82. The maximum Gasteiger partial charge on any atom is 0.416 e. The van der Waals surface area contributed by atoms with Crippen LogP contribution >= 0.6 is 11.6 Å². The molecule has 1 unspecified atom stereocenters. The number of alkyl halides is 3. The first-order chi connectivity index (χ1) is 14.3. The summed E-state index contributed by atoms with van der Waals surface area (Å²) < 4.78 is 38.3. The van der Waals surface area contributed by atoms with Crippen molar-refractivity contribution in [1.29, 1.82) is 0 Å². The summed E-state index contributed by atoms with van der Waals surface area (Å²) in [7, 11) is 0. The van der Waals surface area contributed by atoms with Crippen molar-refractivity contribution < 1.29 is 18.0 Å². The molecule has 3 aromatic carbocycles. The molecule has 7 heteroatoms. The average Bonchev–Trinajstić information content (AvgIpc) is 2.73. The van der Waals surface area contributed by atoms with E-state index in [0.29, 0.717) is 28.3 Å². The smallest absolute Gasteiger partial charge is 0.316 e. The van der Waals surface area contributed by atoms with E-state index in [0.717, 1.165) is 12.1 Å². The zero-order valence-electron chi connectivity index (χ0n) is 15.9. The molecule has 3 rings (SSSR count). The van der Waals surface area contributed by atoms with Crippen molar-refractivity contribution in [2.24, 2.45) is 5.73 Å². The molecule has 0 bridgehead atoms. The molecule has 3 aromatic rings. The number of hydrogen-bond donors (Lipinski definition) is 1. The molecule has 3 nitrogen and oxygen atoms in total. The van der Waals surface area contributed by atoms with E-state index in [1.54, 1.807) is 48.5 Å². The Labute approximate surface area is 177 Å². The summed E-state index contributed by atoms with van der Waals surface area (Å²) in [5, 5.41) is 0.466. The third-order valence-electron chi connectivity index (χ3n) is 4.72. The number of carbonyl (C=O) groups excluding carboxylic acids is 1. The van der Waals surface area contributed by atoms with Crippen LogP contribution in [0.4, 0.5) is 18.9 Å². The van der Waals surface area contributed by atoms with Crippen LogP contribution < -0.4 is 10.6 Å². The first kappa shape index (κ1) is 21.9. The quantitative estimate of drug-likeness (QED) is 0.548. The van der Waals surface area contributed by atoms with Crippen LogP contribution in [0, 0.1) is 0 Å². The molecule has 0 aliphatic rings. The predicted molar refractivity (Wildman–Crippen MR) is 112 cm³/mol. The maximum atomic E-state index is 13.2. The Morgan fingerprint density at radius 3 is 2.23 bits per heavy atom. The summed E-state index contributed by atoms with van der Waals surface area (Å²) in [6.07, 6.45) is -4.03.